The molecule has 0 fully saturated rings. The average molecular weight is 463 g/mol. The average Bonchev–Trinajstić information content (AvgIpc) is 3.49. The van der Waals surface area contributed by atoms with Crippen LogP contribution in [0.3, 0.4) is 0 Å². The summed E-state index contributed by atoms with van der Waals surface area (Å²) >= 11 is 0. The van der Waals surface area contributed by atoms with Crippen molar-refractivity contribution < 1.29 is 33.3 Å². The van der Waals surface area contributed by atoms with E-state index in [0.29, 0.717) is 23.7 Å². The SMILES string of the molecule is COCCN1C(=O)C(O)=C(C(=O)c2ccco2)[C@@H]1c1ccc(OCc2ccccc2)c(OC)c1. The Balaban J connectivity index is 1.69. The van der Waals surface area contributed by atoms with Crippen molar-refractivity contribution in [3.63, 3.8) is 0 Å². The third-order valence-electron chi connectivity index (χ3n) is 5.57. The molecule has 176 valence electrons. The summed E-state index contributed by atoms with van der Waals surface area (Å²) < 4.78 is 21.8. The Labute approximate surface area is 197 Å². The molecule has 1 atom stereocenters. The van der Waals surface area contributed by atoms with E-state index in [0.717, 1.165) is 5.56 Å². The fourth-order valence-corrected chi connectivity index (χ4v) is 3.90. The van der Waals surface area contributed by atoms with Crippen molar-refractivity contribution in [2.45, 2.75) is 12.6 Å². The Hall–Kier alpha value is -4.04. The predicted molar refractivity (Wildman–Crippen MR) is 123 cm³/mol. The van der Waals surface area contributed by atoms with Crippen LogP contribution in [0.25, 0.3) is 0 Å². The highest BCUT2D eigenvalue weighted by Gasteiger charge is 2.44. The Morgan fingerprint density at radius 1 is 1.06 bits per heavy atom. The third-order valence-corrected chi connectivity index (χ3v) is 5.57. The monoisotopic (exact) mass is 463 g/mol. The van der Waals surface area contributed by atoms with Crippen LogP contribution in [0.1, 0.15) is 27.7 Å². The van der Waals surface area contributed by atoms with Crippen LogP contribution in [-0.4, -0.2) is 49.1 Å². The maximum atomic E-state index is 13.2. The van der Waals surface area contributed by atoms with Crippen LogP contribution in [0.5, 0.6) is 11.5 Å². The summed E-state index contributed by atoms with van der Waals surface area (Å²) in [4.78, 5) is 27.5. The lowest BCUT2D eigenvalue weighted by atomic mass is 9.94. The molecule has 0 saturated carbocycles. The number of ketones is 1. The summed E-state index contributed by atoms with van der Waals surface area (Å²) in [6.07, 6.45) is 1.36. The highest BCUT2D eigenvalue weighted by Crippen LogP contribution is 2.41. The van der Waals surface area contributed by atoms with Gasteiger partial charge in [-0.2, -0.15) is 0 Å². The molecule has 1 aliphatic rings. The summed E-state index contributed by atoms with van der Waals surface area (Å²) in [7, 11) is 3.03. The van der Waals surface area contributed by atoms with E-state index in [1.165, 1.54) is 31.4 Å². The minimum atomic E-state index is -0.850. The second-order valence-corrected chi connectivity index (χ2v) is 7.65. The zero-order chi connectivity index (χ0) is 24.1. The molecule has 0 radical (unpaired) electrons. The standard InChI is InChI=1S/C26H25NO7/c1-31-14-12-27-23(22(25(29)26(27)30)24(28)20-9-6-13-33-20)18-10-11-19(21(15-18)32-2)34-16-17-7-4-3-5-8-17/h3-11,13,15,23,29H,12,14,16H2,1-2H3/t23-/m0/s1. The lowest BCUT2D eigenvalue weighted by molar-refractivity contribution is -0.130. The van der Waals surface area contributed by atoms with Crippen molar-refractivity contribution in [1.82, 2.24) is 4.90 Å². The molecule has 0 aliphatic carbocycles. The van der Waals surface area contributed by atoms with E-state index in [2.05, 4.69) is 0 Å². The summed E-state index contributed by atoms with van der Waals surface area (Å²) in [5.74, 6) is -0.850. The van der Waals surface area contributed by atoms with Gasteiger partial charge in [-0.25, -0.2) is 0 Å². The number of aliphatic hydroxyl groups is 1. The summed E-state index contributed by atoms with van der Waals surface area (Å²) in [6.45, 7) is 0.752. The van der Waals surface area contributed by atoms with E-state index in [1.807, 2.05) is 30.3 Å². The number of ether oxygens (including phenoxy) is 3. The fourth-order valence-electron chi connectivity index (χ4n) is 3.90. The molecular weight excluding hydrogens is 438 g/mol. The number of hydrogen-bond donors (Lipinski definition) is 1. The van der Waals surface area contributed by atoms with Gasteiger partial charge in [-0.15, -0.1) is 0 Å². The first-order chi connectivity index (χ1) is 16.5. The molecule has 1 amide bonds. The highest BCUT2D eigenvalue weighted by atomic mass is 16.5. The van der Waals surface area contributed by atoms with Gasteiger partial charge in [0.25, 0.3) is 5.91 Å². The Bertz CT molecular complexity index is 1190. The molecule has 1 aromatic heterocycles. The van der Waals surface area contributed by atoms with Gasteiger partial charge in [0.2, 0.25) is 5.78 Å². The fraction of sp³-hybridized carbons (Fsp3) is 0.231. The minimum Gasteiger partial charge on any atom is -0.503 e. The van der Waals surface area contributed by atoms with Crippen molar-refractivity contribution in [3.05, 3.63) is 95.1 Å². The second-order valence-electron chi connectivity index (χ2n) is 7.65. The summed E-state index contributed by atoms with van der Waals surface area (Å²) in [5, 5.41) is 10.6. The van der Waals surface area contributed by atoms with Gasteiger partial charge in [0.1, 0.15) is 6.61 Å². The van der Waals surface area contributed by atoms with Gasteiger partial charge in [-0.05, 0) is 35.4 Å². The largest absolute Gasteiger partial charge is 0.503 e. The molecule has 2 heterocycles. The molecule has 0 unspecified atom stereocenters. The number of methoxy groups -OCH3 is 2. The van der Waals surface area contributed by atoms with Crippen molar-refractivity contribution in [3.8, 4) is 11.5 Å². The quantitative estimate of drug-likeness (QED) is 0.452. The van der Waals surface area contributed by atoms with Gasteiger partial charge < -0.3 is 28.6 Å². The van der Waals surface area contributed by atoms with Crippen LogP contribution in [-0.2, 0) is 16.1 Å². The maximum Gasteiger partial charge on any atom is 0.290 e. The van der Waals surface area contributed by atoms with Gasteiger partial charge in [-0.1, -0.05) is 36.4 Å². The first kappa shape index (κ1) is 23.1. The van der Waals surface area contributed by atoms with E-state index in [4.69, 9.17) is 18.6 Å². The molecule has 1 aliphatic heterocycles. The Morgan fingerprint density at radius 2 is 1.85 bits per heavy atom. The molecule has 0 bridgehead atoms. The lowest BCUT2D eigenvalue weighted by Gasteiger charge is -2.27. The van der Waals surface area contributed by atoms with E-state index >= 15 is 0 Å². The van der Waals surface area contributed by atoms with Crippen molar-refractivity contribution in [2.75, 3.05) is 27.4 Å². The normalized spacial score (nSPS) is 15.6. The molecule has 2 aromatic carbocycles. The topological polar surface area (TPSA) is 98.4 Å². The molecule has 3 aromatic rings. The number of benzene rings is 2. The molecule has 0 spiro atoms. The molecule has 34 heavy (non-hydrogen) atoms. The predicted octanol–water partition coefficient (Wildman–Crippen LogP) is 4.09. The lowest BCUT2D eigenvalue weighted by Crippen LogP contribution is -2.34. The van der Waals surface area contributed by atoms with Crippen LogP contribution in [0.15, 0.2) is 82.7 Å². The number of carbonyl (C=O) groups excluding carboxylic acids is 2. The zero-order valence-electron chi connectivity index (χ0n) is 18.9. The summed E-state index contributed by atoms with van der Waals surface area (Å²) in [6, 6.07) is 17.1. The first-order valence-corrected chi connectivity index (χ1v) is 10.7. The first-order valence-electron chi connectivity index (χ1n) is 10.7. The Morgan fingerprint density at radius 3 is 2.53 bits per heavy atom. The minimum absolute atomic E-state index is 0.0303. The van der Waals surface area contributed by atoms with Gasteiger partial charge in [0.05, 0.1) is 31.6 Å². The van der Waals surface area contributed by atoms with E-state index < -0.39 is 23.5 Å². The molecule has 1 N–H and O–H groups in total. The molecule has 8 heteroatoms. The third kappa shape index (κ3) is 4.53. The summed E-state index contributed by atoms with van der Waals surface area (Å²) in [5.41, 5.74) is 1.52. The van der Waals surface area contributed by atoms with Crippen LogP contribution in [0, 0.1) is 0 Å². The number of hydrogen-bond acceptors (Lipinski definition) is 7. The van der Waals surface area contributed by atoms with Crippen LogP contribution < -0.4 is 9.47 Å². The molecular formula is C26H25NO7. The smallest absolute Gasteiger partial charge is 0.290 e. The van der Waals surface area contributed by atoms with Crippen LogP contribution >= 0.6 is 0 Å². The van der Waals surface area contributed by atoms with Crippen molar-refractivity contribution in [2.24, 2.45) is 0 Å². The number of carbonyl (C=O) groups is 2. The van der Waals surface area contributed by atoms with E-state index in [1.54, 1.807) is 24.3 Å². The van der Waals surface area contributed by atoms with E-state index in [9.17, 15) is 14.7 Å². The van der Waals surface area contributed by atoms with Gasteiger partial charge >= 0.3 is 0 Å². The number of amides is 1. The van der Waals surface area contributed by atoms with E-state index in [-0.39, 0.29) is 24.5 Å². The maximum absolute atomic E-state index is 13.2. The second kappa shape index (κ2) is 10.3. The van der Waals surface area contributed by atoms with Crippen molar-refractivity contribution in [1.29, 1.82) is 0 Å². The molecule has 4 rings (SSSR count). The highest BCUT2D eigenvalue weighted by molar-refractivity contribution is 6.15. The molecule has 0 saturated heterocycles. The van der Waals surface area contributed by atoms with Crippen LogP contribution in [0.2, 0.25) is 0 Å². The number of Topliss-reactive ketones (excluding diaryl/α,β-unsaturated/α-hetero) is 1. The van der Waals surface area contributed by atoms with Gasteiger partial charge in [0, 0.05) is 13.7 Å². The van der Waals surface area contributed by atoms with Gasteiger partial charge in [-0.3, -0.25) is 9.59 Å². The zero-order valence-corrected chi connectivity index (χ0v) is 18.9. The molecule has 8 nitrogen and oxygen atoms in total. The van der Waals surface area contributed by atoms with Crippen LogP contribution in [0.4, 0.5) is 0 Å². The number of nitrogens with zero attached hydrogens (tertiary/aromatic N) is 1. The van der Waals surface area contributed by atoms with Gasteiger partial charge in [0.15, 0.2) is 23.0 Å². The van der Waals surface area contributed by atoms with Crippen molar-refractivity contribution >= 4 is 11.7 Å². The number of aliphatic hydroxyl groups excluding tert-OH is 1. The number of rotatable bonds is 10. The number of furan rings is 1. The Kier molecular flexibility index (Phi) is 6.98.